The van der Waals surface area contributed by atoms with Crippen molar-refractivity contribution < 1.29 is 19.0 Å². The second kappa shape index (κ2) is 7.50. The Morgan fingerprint density at radius 3 is 2.85 bits per heavy atom. The number of hydrogen-bond acceptors (Lipinski definition) is 5. The fourth-order valence-corrected chi connectivity index (χ4v) is 3.27. The first-order valence-electron chi connectivity index (χ1n) is 8.14. The van der Waals surface area contributed by atoms with Gasteiger partial charge in [0.1, 0.15) is 19.0 Å². The fourth-order valence-electron chi connectivity index (χ4n) is 2.71. The Morgan fingerprint density at radius 2 is 2.00 bits per heavy atom. The molecule has 1 atom stereocenters. The van der Waals surface area contributed by atoms with Crippen LogP contribution < -0.4 is 19.6 Å². The molecule has 0 fully saturated rings. The maximum atomic E-state index is 12.2. The molecular weight excluding hydrogens is 391 g/mol. The largest absolute Gasteiger partial charge is 0.487 e. The van der Waals surface area contributed by atoms with E-state index in [1.807, 2.05) is 18.2 Å². The van der Waals surface area contributed by atoms with Gasteiger partial charge in [0.2, 0.25) is 6.10 Å². The SMILES string of the molecule is O=C(N/N=C/C1=Cc2cc(Cl)cc(Cl)c2OC1)C1COc2ccccc2O1. The minimum atomic E-state index is -0.771. The number of para-hydroxylation sites is 2. The maximum absolute atomic E-state index is 12.2. The Kier molecular flexibility index (Phi) is 4.92. The quantitative estimate of drug-likeness (QED) is 0.625. The van der Waals surface area contributed by atoms with E-state index < -0.39 is 12.0 Å². The van der Waals surface area contributed by atoms with Crippen molar-refractivity contribution in [1.29, 1.82) is 0 Å². The van der Waals surface area contributed by atoms with E-state index in [0.29, 0.717) is 27.3 Å². The molecule has 0 saturated carbocycles. The van der Waals surface area contributed by atoms with Crippen molar-refractivity contribution >= 4 is 41.4 Å². The number of nitrogens with one attached hydrogen (secondary N) is 1. The van der Waals surface area contributed by atoms with Crippen LogP contribution in [-0.4, -0.2) is 31.4 Å². The molecule has 2 aromatic rings. The molecule has 0 aromatic heterocycles. The summed E-state index contributed by atoms with van der Waals surface area (Å²) >= 11 is 12.1. The minimum Gasteiger partial charge on any atom is -0.487 e. The zero-order valence-electron chi connectivity index (χ0n) is 13.9. The van der Waals surface area contributed by atoms with Crippen LogP contribution >= 0.6 is 23.2 Å². The fraction of sp³-hybridized carbons (Fsp3) is 0.158. The summed E-state index contributed by atoms with van der Waals surface area (Å²) in [5, 5.41) is 4.93. The van der Waals surface area contributed by atoms with E-state index in [2.05, 4.69) is 10.5 Å². The van der Waals surface area contributed by atoms with Crippen LogP contribution in [0.1, 0.15) is 5.56 Å². The van der Waals surface area contributed by atoms with Gasteiger partial charge in [-0.3, -0.25) is 4.79 Å². The van der Waals surface area contributed by atoms with E-state index in [1.165, 1.54) is 6.21 Å². The molecule has 0 aliphatic carbocycles. The van der Waals surface area contributed by atoms with E-state index >= 15 is 0 Å². The topological polar surface area (TPSA) is 69.2 Å². The van der Waals surface area contributed by atoms with Gasteiger partial charge < -0.3 is 14.2 Å². The van der Waals surface area contributed by atoms with Crippen LogP contribution in [0, 0.1) is 0 Å². The Labute approximate surface area is 165 Å². The van der Waals surface area contributed by atoms with Crippen molar-refractivity contribution in [2.45, 2.75) is 6.10 Å². The van der Waals surface area contributed by atoms with Gasteiger partial charge in [-0.2, -0.15) is 5.10 Å². The Balaban J connectivity index is 1.40. The van der Waals surface area contributed by atoms with Crippen LogP contribution in [0.3, 0.4) is 0 Å². The Bertz CT molecular complexity index is 959. The number of hydrazone groups is 1. The van der Waals surface area contributed by atoms with Gasteiger partial charge in [0.15, 0.2) is 11.5 Å². The van der Waals surface area contributed by atoms with E-state index in [0.717, 1.165) is 11.1 Å². The summed E-state index contributed by atoms with van der Waals surface area (Å²) in [6.45, 7) is 0.401. The Morgan fingerprint density at radius 1 is 1.19 bits per heavy atom. The van der Waals surface area contributed by atoms with E-state index in [-0.39, 0.29) is 13.2 Å². The molecule has 1 N–H and O–H groups in total. The third-order valence-electron chi connectivity index (χ3n) is 3.97. The lowest BCUT2D eigenvalue weighted by Crippen LogP contribution is -2.42. The molecule has 1 unspecified atom stereocenters. The minimum absolute atomic E-state index is 0.120. The van der Waals surface area contributed by atoms with Gasteiger partial charge in [0.25, 0.3) is 5.91 Å². The molecule has 0 spiro atoms. The number of nitrogens with zero attached hydrogens (tertiary/aromatic N) is 1. The molecule has 2 aromatic carbocycles. The molecule has 138 valence electrons. The lowest BCUT2D eigenvalue weighted by atomic mass is 10.1. The number of benzene rings is 2. The van der Waals surface area contributed by atoms with E-state index in [9.17, 15) is 4.79 Å². The van der Waals surface area contributed by atoms with Crippen molar-refractivity contribution in [2.24, 2.45) is 5.10 Å². The zero-order chi connectivity index (χ0) is 18.8. The van der Waals surface area contributed by atoms with Crippen molar-refractivity contribution in [3.05, 3.63) is 57.6 Å². The number of fused-ring (bicyclic) bond motifs is 2. The lowest BCUT2D eigenvalue weighted by Gasteiger charge is -2.24. The van der Waals surface area contributed by atoms with Gasteiger partial charge in [-0.05, 0) is 30.3 Å². The average molecular weight is 405 g/mol. The van der Waals surface area contributed by atoms with Crippen molar-refractivity contribution in [2.75, 3.05) is 13.2 Å². The molecule has 6 nitrogen and oxygen atoms in total. The summed E-state index contributed by atoms with van der Waals surface area (Å²) in [5.74, 6) is 1.32. The summed E-state index contributed by atoms with van der Waals surface area (Å²) in [6.07, 6.45) is 2.59. The lowest BCUT2D eigenvalue weighted by molar-refractivity contribution is -0.130. The van der Waals surface area contributed by atoms with Crippen LogP contribution in [0.25, 0.3) is 6.08 Å². The standard InChI is InChI=1S/C19H14Cl2N2O4/c20-13-6-12-5-11(9-26-18(12)14(21)7-13)8-22-23-19(24)17-10-25-15-3-1-2-4-16(15)27-17/h1-8,17H,9-10H2,(H,23,24)/b22-8+. The van der Waals surface area contributed by atoms with Gasteiger partial charge in [-0.15, -0.1) is 0 Å². The molecule has 27 heavy (non-hydrogen) atoms. The second-order valence-electron chi connectivity index (χ2n) is 5.91. The number of carbonyl (C=O) groups is 1. The maximum Gasteiger partial charge on any atom is 0.284 e. The summed E-state index contributed by atoms with van der Waals surface area (Å²) in [7, 11) is 0. The van der Waals surface area contributed by atoms with Crippen molar-refractivity contribution in [3.63, 3.8) is 0 Å². The predicted octanol–water partition coefficient (Wildman–Crippen LogP) is 3.71. The van der Waals surface area contributed by atoms with E-state index in [4.69, 9.17) is 37.4 Å². The first-order valence-corrected chi connectivity index (χ1v) is 8.89. The van der Waals surface area contributed by atoms with Crippen molar-refractivity contribution in [1.82, 2.24) is 5.43 Å². The van der Waals surface area contributed by atoms with Crippen LogP contribution in [0.2, 0.25) is 10.0 Å². The zero-order valence-corrected chi connectivity index (χ0v) is 15.5. The molecule has 0 bridgehead atoms. The second-order valence-corrected chi connectivity index (χ2v) is 6.76. The third kappa shape index (κ3) is 3.86. The number of amides is 1. The molecule has 2 heterocycles. The normalized spacial score (nSPS) is 17.7. The summed E-state index contributed by atoms with van der Waals surface area (Å²) < 4.78 is 16.8. The van der Waals surface area contributed by atoms with E-state index in [1.54, 1.807) is 24.3 Å². The number of carbonyl (C=O) groups excluding carboxylic acids is 1. The summed E-state index contributed by atoms with van der Waals surface area (Å²) in [6, 6.07) is 10.6. The highest BCUT2D eigenvalue weighted by Gasteiger charge is 2.27. The molecule has 2 aliphatic rings. The molecule has 8 heteroatoms. The highest BCUT2D eigenvalue weighted by molar-refractivity contribution is 6.36. The number of ether oxygens (including phenoxy) is 3. The number of hydrogen-bond donors (Lipinski definition) is 1. The van der Waals surface area contributed by atoms with Crippen molar-refractivity contribution in [3.8, 4) is 17.2 Å². The van der Waals surface area contributed by atoms with Gasteiger partial charge in [-0.25, -0.2) is 5.43 Å². The molecule has 4 rings (SSSR count). The predicted molar refractivity (Wildman–Crippen MR) is 103 cm³/mol. The monoisotopic (exact) mass is 404 g/mol. The van der Waals surface area contributed by atoms with Gasteiger partial charge in [0, 0.05) is 16.2 Å². The summed E-state index contributed by atoms with van der Waals surface area (Å²) in [5.41, 5.74) is 3.97. The molecule has 1 amide bonds. The third-order valence-corrected chi connectivity index (χ3v) is 4.47. The van der Waals surface area contributed by atoms with Crippen LogP contribution in [0.15, 0.2) is 47.1 Å². The average Bonchev–Trinajstić information content (AvgIpc) is 2.67. The van der Waals surface area contributed by atoms with Crippen LogP contribution in [0.4, 0.5) is 0 Å². The van der Waals surface area contributed by atoms with Gasteiger partial charge >= 0.3 is 0 Å². The highest BCUT2D eigenvalue weighted by Crippen LogP contribution is 2.36. The molecular formula is C19H14Cl2N2O4. The van der Waals surface area contributed by atoms with Gasteiger partial charge in [0.05, 0.1) is 11.2 Å². The van der Waals surface area contributed by atoms with Gasteiger partial charge in [-0.1, -0.05) is 35.3 Å². The van der Waals surface area contributed by atoms with Crippen LogP contribution in [-0.2, 0) is 4.79 Å². The first-order chi connectivity index (χ1) is 13.1. The first kappa shape index (κ1) is 17.7. The molecule has 0 radical (unpaired) electrons. The number of halogens is 2. The molecule has 0 saturated heterocycles. The summed E-state index contributed by atoms with van der Waals surface area (Å²) in [4.78, 5) is 12.2. The number of rotatable bonds is 3. The Hall–Kier alpha value is -2.70. The molecule has 2 aliphatic heterocycles. The smallest absolute Gasteiger partial charge is 0.284 e. The highest BCUT2D eigenvalue weighted by atomic mass is 35.5. The van der Waals surface area contributed by atoms with Crippen LogP contribution in [0.5, 0.6) is 17.2 Å².